The van der Waals surface area contributed by atoms with Crippen molar-refractivity contribution in [3.8, 4) is 0 Å². The van der Waals surface area contributed by atoms with E-state index in [0.717, 1.165) is 19.4 Å². The van der Waals surface area contributed by atoms with Gasteiger partial charge in [-0.1, -0.05) is 60.7 Å². The third-order valence-electron chi connectivity index (χ3n) is 3.84. The lowest BCUT2D eigenvalue weighted by molar-refractivity contribution is 0.555. The van der Waals surface area contributed by atoms with Crippen molar-refractivity contribution in [2.45, 2.75) is 18.9 Å². The van der Waals surface area contributed by atoms with E-state index in [1.807, 2.05) is 0 Å². The molecule has 0 saturated carbocycles. The summed E-state index contributed by atoms with van der Waals surface area (Å²) in [6, 6.07) is 21.9. The molecule has 1 aliphatic heterocycles. The molecule has 0 bridgehead atoms. The maximum absolute atomic E-state index is 4.19. The molecule has 0 radical (unpaired) electrons. The maximum Gasteiger partial charge on any atom is 0.0579 e. The first kappa shape index (κ1) is 12.0. The molecule has 1 nitrogen and oxygen atoms in total. The number of rotatable bonds is 2. The molecule has 1 unspecified atom stereocenters. The van der Waals surface area contributed by atoms with Gasteiger partial charge in [-0.25, -0.2) is 0 Å². The van der Waals surface area contributed by atoms with Crippen LogP contribution in [0.25, 0.3) is 0 Å². The second kappa shape index (κ2) is 5.31. The Bertz CT molecular complexity index is 544. The highest BCUT2D eigenvalue weighted by atomic mass is 15.2. The van der Waals surface area contributed by atoms with Crippen LogP contribution in [0.1, 0.15) is 24.4 Å². The van der Waals surface area contributed by atoms with Crippen LogP contribution >= 0.6 is 0 Å². The molecular weight excluding hydrogens is 230 g/mol. The van der Waals surface area contributed by atoms with Crippen LogP contribution < -0.4 is 4.90 Å². The number of nitrogens with zero attached hydrogens (tertiary/aromatic N) is 1. The number of piperidine rings is 1. The average Bonchev–Trinajstić information content (AvgIpc) is 2.49. The van der Waals surface area contributed by atoms with E-state index >= 15 is 0 Å². The number of para-hydroxylation sites is 1. The Balaban J connectivity index is 1.95. The number of hydrogen-bond acceptors (Lipinski definition) is 1. The zero-order valence-electron chi connectivity index (χ0n) is 11.1. The molecule has 1 fully saturated rings. The van der Waals surface area contributed by atoms with Crippen LogP contribution in [-0.4, -0.2) is 6.54 Å². The van der Waals surface area contributed by atoms with E-state index in [1.54, 1.807) is 0 Å². The lowest BCUT2D eigenvalue weighted by atomic mass is 9.92. The number of benzene rings is 2. The Hall–Kier alpha value is -2.02. The van der Waals surface area contributed by atoms with E-state index in [2.05, 4.69) is 72.1 Å². The highest BCUT2D eigenvalue weighted by Gasteiger charge is 2.25. The van der Waals surface area contributed by atoms with Crippen molar-refractivity contribution in [1.82, 2.24) is 0 Å². The van der Waals surface area contributed by atoms with Gasteiger partial charge in [-0.2, -0.15) is 0 Å². The van der Waals surface area contributed by atoms with Crippen molar-refractivity contribution in [2.75, 3.05) is 11.4 Å². The third kappa shape index (κ3) is 2.55. The van der Waals surface area contributed by atoms with E-state index in [1.165, 1.54) is 16.8 Å². The zero-order chi connectivity index (χ0) is 13.1. The number of anilines is 1. The molecule has 1 atom stereocenters. The molecule has 2 aromatic carbocycles. The molecule has 1 heteroatoms. The van der Waals surface area contributed by atoms with Gasteiger partial charge in [0, 0.05) is 12.2 Å². The summed E-state index contributed by atoms with van der Waals surface area (Å²) >= 11 is 0. The first-order chi connectivity index (χ1) is 9.34. The Labute approximate surface area is 115 Å². The fourth-order valence-electron chi connectivity index (χ4n) is 2.82. The van der Waals surface area contributed by atoms with Gasteiger partial charge in [-0.05, 0) is 30.5 Å². The van der Waals surface area contributed by atoms with Crippen LogP contribution in [0.4, 0.5) is 5.69 Å². The normalized spacial score (nSPS) is 19.5. The Morgan fingerprint density at radius 3 is 2.21 bits per heavy atom. The molecule has 2 aromatic rings. The predicted octanol–water partition coefficient (Wildman–Crippen LogP) is 4.58. The van der Waals surface area contributed by atoms with Crippen molar-refractivity contribution in [3.05, 3.63) is 78.4 Å². The molecule has 0 aliphatic carbocycles. The highest BCUT2D eigenvalue weighted by molar-refractivity contribution is 5.50. The van der Waals surface area contributed by atoms with Crippen LogP contribution in [0.3, 0.4) is 0 Å². The Kier molecular flexibility index (Phi) is 3.37. The van der Waals surface area contributed by atoms with Crippen LogP contribution in [0.2, 0.25) is 0 Å². The molecule has 0 spiro atoms. The van der Waals surface area contributed by atoms with Gasteiger partial charge in [0.05, 0.1) is 6.04 Å². The molecule has 1 heterocycles. The van der Waals surface area contributed by atoms with E-state index < -0.39 is 0 Å². The first-order valence-corrected chi connectivity index (χ1v) is 6.88. The SMILES string of the molecule is C=C1CCN(c2ccccc2)C(c2ccccc2)C1. The van der Waals surface area contributed by atoms with Crippen molar-refractivity contribution < 1.29 is 0 Å². The molecular formula is C18H19N. The molecule has 0 amide bonds. The topological polar surface area (TPSA) is 3.24 Å². The summed E-state index contributed by atoms with van der Waals surface area (Å²) < 4.78 is 0. The largest absolute Gasteiger partial charge is 0.364 e. The molecule has 1 aliphatic rings. The van der Waals surface area contributed by atoms with Gasteiger partial charge in [0.2, 0.25) is 0 Å². The molecule has 0 aromatic heterocycles. The highest BCUT2D eigenvalue weighted by Crippen LogP contribution is 2.36. The smallest absolute Gasteiger partial charge is 0.0579 e. The van der Waals surface area contributed by atoms with Crippen molar-refractivity contribution in [1.29, 1.82) is 0 Å². The van der Waals surface area contributed by atoms with Gasteiger partial charge >= 0.3 is 0 Å². The first-order valence-electron chi connectivity index (χ1n) is 6.88. The number of hydrogen-bond donors (Lipinski definition) is 0. The van der Waals surface area contributed by atoms with E-state index in [4.69, 9.17) is 0 Å². The van der Waals surface area contributed by atoms with Gasteiger partial charge in [0.15, 0.2) is 0 Å². The minimum Gasteiger partial charge on any atom is -0.364 e. The van der Waals surface area contributed by atoms with Gasteiger partial charge in [0.25, 0.3) is 0 Å². The van der Waals surface area contributed by atoms with Gasteiger partial charge in [-0.3, -0.25) is 0 Å². The Morgan fingerprint density at radius 1 is 0.895 bits per heavy atom. The second-order valence-electron chi connectivity index (χ2n) is 5.16. The Morgan fingerprint density at radius 2 is 1.53 bits per heavy atom. The summed E-state index contributed by atoms with van der Waals surface area (Å²) in [4.78, 5) is 2.50. The van der Waals surface area contributed by atoms with Crippen LogP contribution in [0, 0.1) is 0 Å². The predicted molar refractivity (Wildman–Crippen MR) is 81.3 cm³/mol. The summed E-state index contributed by atoms with van der Waals surface area (Å²) in [5.74, 6) is 0. The maximum atomic E-state index is 4.19. The molecule has 19 heavy (non-hydrogen) atoms. The summed E-state index contributed by atoms with van der Waals surface area (Å²) in [7, 11) is 0. The zero-order valence-corrected chi connectivity index (χ0v) is 11.1. The monoisotopic (exact) mass is 249 g/mol. The quantitative estimate of drug-likeness (QED) is 0.704. The minimum absolute atomic E-state index is 0.421. The summed E-state index contributed by atoms with van der Waals surface area (Å²) in [5, 5.41) is 0. The van der Waals surface area contributed by atoms with E-state index in [9.17, 15) is 0 Å². The fraction of sp³-hybridized carbons (Fsp3) is 0.222. The van der Waals surface area contributed by atoms with Gasteiger partial charge < -0.3 is 4.90 Å². The molecule has 96 valence electrons. The summed E-state index contributed by atoms with van der Waals surface area (Å²) in [6.45, 7) is 5.25. The van der Waals surface area contributed by atoms with Crippen molar-refractivity contribution in [3.63, 3.8) is 0 Å². The minimum atomic E-state index is 0.421. The van der Waals surface area contributed by atoms with Crippen LogP contribution in [0.5, 0.6) is 0 Å². The van der Waals surface area contributed by atoms with E-state index in [-0.39, 0.29) is 0 Å². The lowest BCUT2D eigenvalue weighted by Gasteiger charge is -2.39. The van der Waals surface area contributed by atoms with E-state index in [0.29, 0.717) is 6.04 Å². The van der Waals surface area contributed by atoms with Gasteiger partial charge in [0.1, 0.15) is 0 Å². The average molecular weight is 249 g/mol. The third-order valence-corrected chi connectivity index (χ3v) is 3.84. The molecule has 3 rings (SSSR count). The second-order valence-corrected chi connectivity index (χ2v) is 5.16. The van der Waals surface area contributed by atoms with Crippen molar-refractivity contribution >= 4 is 5.69 Å². The molecule has 0 N–H and O–H groups in total. The van der Waals surface area contributed by atoms with Crippen molar-refractivity contribution in [2.24, 2.45) is 0 Å². The lowest BCUT2D eigenvalue weighted by Crippen LogP contribution is -2.34. The van der Waals surface area contributed by atoms with Crippen LogP contribution in [0.15, 0.2) is 72.8 Å². The summed E-state index contributed by atoms with van der Waals surface area (Å²) in [6.07, 6.45) is 2.15. The fourth-order valence-corrected chi connectivity index (χ4v) is 2.82. The van der Waals surface area contributed by atoms with Crippen LogP contribution in [-0.2, 0) is 0 Å². The molecule has 1 saturated heterocycles. The standard InChI is InChI=1S/C18H19N/c1-15-12-13-19(17-10-6-3-7-11-17)18(14-15)16-8-4-2-5-9-16/h2-11,18H,1,12-14H2. The summed E-state index contributed by atoms with van der Waals surface area (Å²) in [5.41, 5.74) is 4.05. The van der Waals surface area contributed by atoms with Gasteiger partial charge in [-0.15, -0.1) is 0 Å².